The summed E-state index contributed by atoms with van der Waals surface area (Å²) >= 11 is 5.91. The summed E-state index contributed by atoms with van der Waals surface area (Å²) in [7, 11) is -2.40. The Morgan fingerprint density at radius 2 is 2.00 bits per heavy atom. The van der Waals surface area contributed by atoms with Crippen LogP contribution in [0.5, 0.6) is 0 Å². The Balaban J connectivity index is 2.69. The lowest BCUT2D eigenvalue weighted by molar-refractivity contribution is 0.436. The first-order chi connectivity index (χ1) is 11.1. The van der Waals surface area contributed by atoms with E-state index < -0.39 is 28.2 Å². The van der Waals surface area contributed by atoms with Crippen molar-refractivity contribution < 1.29 is 17.2 Å². The quantitative estimate of drug-likeness (QED) is 0.787. The number of sulfonamides is 1. The van der Waals surface area contributed by atoms with Crippen LogP contribution in [0, 0.1) is 12.7 Å². The number of alkyl halides is 1. The molecule has 0 aliphatic rings. The molecule has 0 unspecified atom stereocenters. The molecule has 0 radical (unpaired) electrons. The highest BCUT2D eigenvalue weighted by Gasteiger charge is 2.21. The first kappa shape index (κ1) is 18.4. The van der Waals surface area contributed by atoms with E-state index >= 15 is 0 Å². The van der Waals surface area contributed by atoms with Crippen LogP contribution in [-0.2, 0) is 16.6 Å². The first-order valence-corrected chi connectivity index (χ1v) is 8.96. The van der Waals surface area contributed by atoms with Crippen molar-refractivity contribution >= 4 is 27.3 Å². The number of hydrogen-bond acceptors (Lipinski definition) is 4. The van der Waals surface area contributed by atoms with Gasteiger partial charge in [0, 0.05) is 7.05 Å². The number of aryl methyl sites for hydroxylation is 1. The molecule has 0 N–H and O–H groups in total. The Kier molecular flexibility index (Phi) is 5.00. The fraction of sp³-hybridized carbons (Fsp3) is 0.385. The van der Waals surface area contributed by atoms with E-state index in [-0.39, 0.29) is 28.8 Å². The molecule has 0 amide bonds. The van der Waals surface area contributed by atoms with Gasteiger partial charge in [-0.05, 0) is 19.1 Å². The zero-order valence-electron chi connectivity index (χ0n) is 13.1. The molecule has 132 valence electrons. The van der Waals surface area contributed by atoms with E-state index in [1.807, 2.05) is 0 Å². The van der Waals surface area contributed by atoms with Crippen molar-refractivity contribution in [1.82, 2.24) is 14.3 Å². The summed E-state index contributed by atoms with van der Waals surface area (Å²) in [4.78, 5) is 12.3. The number of benzene rings is 1. The van der Waals surface area contributed by atoms with E-state index in [0.717, 1.165) is 31.9 Å². The Labute approximate surface area is 142 Å². The Morgan fingerprint density at radius 1 is 1.38 bits per heavy atom. The van der Waals surface area contributed by atoms with Gasteiger partial charge in [-0.15, -0.1) is 0 Å². The molecule has 0 saturated carbocycles. The normalized spacial score (nSPS) is 11.8. The van der Waals surface area contributed by atoms with Crippen LogP contribution < -0.4 is 9.99 Å². The molecule has 2 rings (SSSR count). The van der Waals surface area contributed by atoms with E-state index in [2.05, 4.69) is 5.10 Å². The van der Waals surface area contributed by atoms with Gasteiger partial charge in [0.2, 0.25) is 10.0 Å². The minimum absolute atomic E-state index is 0.0137. The van der Waals surface area contributed by atoms with Crippen molar-refractivity contribution in [3.63, 3.8) is 0 Å². The van der Waals surface area contributed by atoms with Crippen LogP contribution in [0.1, 0.15) is 5.82 Å². The Hall–Kier alpha value is -1.94. The molecule has 1 aromatic carbocycles. The molecule has 11 heteroatoms. The molecule has 0 atom stereocenters. The fourth-order valence-corrected chi connectivity index (χ4v) is 2.94. The van der Waals surface area contributed by atoms with Crippen molar-refractivity contribution in [2.45, 2.75) is 13.5 Å². The molecule has 1 heterocycles. The topological polar surface area (TPSA) is 77.2 Å². The Bertz CT molecular complexity index is 939. The number of halogens is 3. The molecule has 1 aromatic heterocycles. The number of hydrogen-bond donors (Lipinski definition) is 0. The van der Waals surface area contributed by atoms with Crippen molar-refractivity contribution in [2.24, 2.45) is 0 Å². The molecule has 0 fully saturated rings. The van der Waals surface area contributed by atoms with Crippen LogP contribution >= 0.6 is 11.6 Å². The average molecular weight is 381 g/mol. The summed E-state index contributed by atoms with van der Waals surface area (Å²) in [6, 6.07) is 2.00. The molecule has 0 aliphatic heterocycles. The van der Waals surface area contributed by atoms with Crippen LogP contribution in [0.25, 0.3) is 5.69 Å². The largest absolute Gasteiger partial charge is 0.350 e. The lowest BCUT2D eigenvalue weighted by atomic mass is 10.2. The molecular formula is C13H15ClF2N4O3S. The van der Waals surface area contributed by atoms with Gasteiger partial charge in [-0.3, -0.25) is 8.87 Å². The van der Waals surface area contributed by atoms with Gasteiger partial charge in [0.1, 0.15) is 18.2 Å². The summed E-state index contributed by atoms with van der Waals surface area (Å²) in [6.45, 7) is 0.485. The highest BCUT2D eigenvalue weighted by atomic mass is 35.5. The van der Waals surface area contributed by atoms with Crippen LogP contribution in [0.15, 0.2) is 16.9 Å². The van der Waals surface area contributed by atoms with E-state index in [1.54, 1.807) is 0 Å². The predicted octanol–water partition coefficient (Wildman–Crippen LogP) is 1.50. The third-order valence-corrected chi connectivity index (χ3v) is 4.93. The van der Waals surface area contributed by atoms with Gasteiger partial charge in [-0.25, -0.2) is 22.0 Å². The summed E-state index contributed by atoms with van der Waals surface area (Å²) in [5.74, 6) is -0.664. The zero-order valence-corrected chi connectivity index (χ0v) is 14.7. The molecule has 2 aromatic rings. The second kappa shape index (κ2) is 6.52. The lowest BCUT2D eigenvalue weighted by Gasteiger charge is -2.19. The van der Waals surface area contributed by atoms with E-state index in [1.165, 1.54) is 14.0 Å². The average Bonchev–Trinajstić information content (AvgIpc) is 2.74. The molecule has 0 aliphatic carbocycles. The van der Waals surface area contributed by atoms with Crippen LogP contribution in [0.3, 0.4) is 0 Å². The van der Waals surface area contributed by atoms with Gasteiger partial charge in [-0.1, -0.05) is 11.6 Å². The number of aromatic nitrogens is 3. The van der Waals surface area contributed by atoms with E-state index in [4.69, 9.17) is 11.6 Å². The maximum Gasteiger partial charge on any atom is 0.350 e. The fourth-order valence-electron chi connectivity index (χ4n) is 2.10. The van der Waals surface area contributed by atoms with Gasteiger partial charge in [0.25, 0.3) is 0 Å². The van der Waals surface area contributed by atoms with E-state index in [0.29, 0.717) is 0 Å². The number of nitrogens with zero attached hydrogens (tertiary/aromatic N) is 4. The third kappa shape index (κ3) is 3.29. The lowest BCUT2D eigenvalue weighted by Crippen LogP contribution is -2.27. The zero-order chi connectivity index (χ0) is 18.2. The van der Waals surface area contributed by atoms with Crippen molar-refractivity contribution in [3.05, 3.63) is 39.3 Å². The third-order valence-electron chi connectivity index (χ3n) is 3.44. The van der Waals surface area contributed by atoms with Gasteiger partial charge in [0.05, 0.1) is 23.5 Å². The maximum absolute atomic E-state index is 14.2. The standard InChI is InChI=1S/C13H15ClF2N4O3S/c1-8-17-20(13(21)19(8)5-4-15)12-7-11(9(14)6-10(12)16)18(2)24(3,22)23/h6-7H,4-5H2,1-3H3. The monoisotopic (exact) mass is 380 g/mol. The predicted molar refractivity (Wildman–Crippen MR) is 86.8 cm³/mol. The van der Waals surface area contributed by atoms with Gasteiger partial charge in [0.15, 0.2) is 5.82 Å². The molecular weight excluding hydrogens is 366 g/mol. The number of anilines is 1. The van der Waals surface area contributed by atoms with Gasteiger partial charge < -0.3 is 0 Å². The maximum atomic E-state index is 14.2. The summed E-state index contributed by atoms with van der Waals surface area (Å²) in [5, 5.41) is 3.76. The van der Waals surface area contributed by atoms with Crippen LogP contribution in [0.2, 0.25) is 5.02 Å². The van der Waals surface area contributed by atoms with Crippen molar-refractivity contribution in [1.29, 1.82) is 0 Å². The summed E-state index contributed by atoms with van der Waals surface area (Å²) in [5.41, 5.74) is -1.03. The number of rotatable bonds is 5. The summed E-state index contributed by atoms with van der Waals surface area (Å²) < 4.78 is 52.8. The SMILES string of the molecule is Cc1nn(-c2cc(N(C)S(C)(=O)=O)c(Cl)cc2F)c(=O)n1CCF. The van der Waals surface area contributed by atoms with Crippen molar-refractivity contribution in [3.8, 4) is 5.69 Å². The minimum Gasteiger partial charge on any atom is -0.276 e. The van der Waals surface area contributed by atoms with Gasteiger partial charge >= 0.3 is 5.69 Å². The molecule has 0 saturated heterocycles. The minimum atomic E-state index is -3.65. The highest BCUT2D eigenvalue weighted by Crippen LogP contribution is 2.30. The highest BCUT2D eigenvalue weighted by molar-refractivity contribution is 7.92. The molecule has 0 bridgehead atoms. The summed E-state index contributed by atoms with van der Waals surface area (Å²) in [6.07, 6.45) is 0.957. The first-order valence-electron chi connectivity index (χ1n) is 6.73. The van der Waals surface area contributed by atoms with E-state index in [9.17, 15) is 22.0 Å². The van der Waals surface area contributed by atoms with Crippen LogP contribution in [0.4, 0.5) is 14.5 Å². The molecule has 7 nitrogen and oxygen atoms in total. The molecule has 24 heavy (non-hydrogen) atoms. The van der Waals surface area contributed by atoms with Gasteiger partial charge in [-0.2, -0.15) is 9.78 Å². The van der Waals surface area contributed by atoms with Crippen LogP contribution in [-0.4, -0.2) is 42.7 Å². The Morgan fingerprint density at radius 3 is 2.54 bits per heavy atom. The van der Waals surface area contributed by atoms with Crippen molar-refractivity contribution in [2.75, 3.05) is 24.3 Å². The molecule has 0 spiro atoms. The smallest absolute Gasteiger partial charge is 0.276 e. The second-order valence-corrected chi connectivity index (χ2v) is 7.49. The second-order valence-electron chi connectivity index (χ2n) is 5.07.